The molecule has 3 aromatic rings. The molecule has 1 saturated carbocycles. The molecule has 2 aromatic carbocycles. The minimum atomic E-state index is -0.253. The van der Waals surface area contributed by atoms with Crippen molar-refractivity contribution in [1.82, 2.24) is 9.97 Å². The summed E-state index contributed by atoms with van der Waals surface area (Å²) in [6.45, 7) is 0. The molecule has 1 amide bonds. The minimum Gasteiger partial charge on any atom is -0.322 e. The molecule has 1 aliphatic carbocycles. The zero-order valence-electron chi connectivity index (χ0n) is 14.0. The van der Waals surface area contributed by atoms with Crippen molar-refractivity contribution in [2.45, 2.75) is 38.0 Å². The van der Waals surface area contributed by atoms with Gasteiger partial charge in [-0.15, -0.1) is 0 Å². The maximum Gasteiger partial charge on any atom is 0.323 e. The number of H-pyrrole nitrogens is 2. The number of aromatic nitrogens is 2. The maximum absolute atomic E-state index is 12.5. The van der Waals surface area contributed by atoms with Crippen molar-refractivity contribution in [3.8, 4) is 0 Å². The van der Waals surface area contributed by atoms with Crippen LogP contribution in [0.4, 0.5) is 5.69 Å². The number of benzene rings is 2. The molecular formula is C20H21N3O2. The monoisotopic (exact) mass is 335 g/mol. The molecule has 0 atom stereocenters. The molecule has 128 valence electrons. The fourth-order valence-corrected chi connectivity index (χ4v) is 3.66. The smallest absolute Gasteiger partial charge is 0.322 e. The lowest BCUT2D eigenvalue weighted by molar-refractivity contribution is 0.102. The van der Waals surface area contributed by atoms with Gasteiger partial charge in [-0.3, -0.25) is 4.79 Å². The summed E-state index contributed by atoms with van der Waals surface area (Å²) in [6.07, 6.45) is 6.45. The van der Waals surface area contributed by atoms with E-state index in [-0.39, 0.29) is 11.6 Å². The van der Waals surface area contributed by atoms with E-state index in [9.17, 15) is 9.59 Å². The lowest BCUT2D eigenvalue weighted by Gasteiger charge is -2.22. The first kappa shape index (κ1) is 15.7. The Morgan fingerprint density at radius 2 is 1.64 bits per heavy atom. The number of rotatable bonds is 3. The number of amides is 1. The normalized spacial score (nSPS) is 15.4. The molecule has 0 bridgehead atoms. The number of hydrogen-bond acceptors (Lipinski definition) is 2. The second-order valence-electron chi connectivity index (χ2n) is 6.75. The van der Waals surface area contributed by atoms with E-state index in [0.29, 0.717) is 22.7 Å². The molecule has 1 aliphatic rings. The number of nitrogens with one attached hydrogen (secondary N) is 3. The van der Waals surface area contributed by atoms with Crippen LogP contribution in [0.2, 0.25) is 0 Å². The van der Waals surface area contributed by atoms with Crippen LogP contribution in [0.1, 0.15) is 53.9 Å². The lowest BCUT2D eigenvalue weighted by Crippen LogP contribution is -2.12. The topological polar surface area (TPSA) is 77.8 Å². The average molecular weight is 335 g/mol. The first-order valence-electron chi connectivity index (χ1n) is 8.82. The van der Waals surface area contributed by atoms with E-state index >= 15 is 0 Å². The molecule has 5 heteroatoms. The molecule has 5 nitrogen and oxygen atoms in total. The molecule has 0 radical (unpaired) electrons. The Kier molecular flexibility index (Phi) is 4.14. The summed E-state index contributed by atoms with van der Waals surface area (Å²) in [5.41, 5.74) is 3.78. The van der Waals surface area contributed by atoms with E-state index in [1.54, 1.807) is 18.2 Å². The molecule has 0 spiro atoms. The van der Waals surface area contributed by atoms with Crippen molar-refractivity contribution in [2.75, 3.05) is 5.32 Å². The molecule has 4 rings (SSSR count). The molecular weight excluding hydrogens is 314 g/mol. The van der Waals surface area contributed by atoms with Gasteiger partial charge in [-0.05, 0) is 54.7 Å². The van der Waals surface area contributed by atoms with Crippen molar-refractivity contribution in [3.05, 3.63) is 64.1 Å². The van der Waals surface area contributed by atoms with E-state index in [0.717, 1.165) is 5.52 Å². The number of hydrogen-bond donors (Lipinski definition) is 3. The van der Waals surface area contributed by atoms with Gasteiger partial charge >= 0.3 is 5.69 Å². The first-order chi connectivity index (χ1) is 12.2. The molecule has 0 unspecified atom stereocenters. The number of aromatic amines is 2. The van der Waals surface area contributed by atoms with Crippen LogP contribution in [0.5, 0.6) is 0 Å². The van der Waals surface area contributed by atoms with Gasteiger partial charge in [0.15, 0.2) is 0 Å². The van der Waals surface area contributed by atoms with E-state index in [1.165, 1.54) is 37.7 Å². The summed E-state index contributed by atoms with van der Waals surface area (Å²) >= 11 is 0. The van der Waals surface area contributed by atoms with Crippen LogP contribution in [0.25, 0.3) is 11.0 Å². The second-order valence-corrected chi connectivity index (χ2v) is 6.75. The molecule has 0 aliphatic heterocycles. The molecule has 25 heavy (non-hydrogen) atoms. The van der Waals surface area contributed by atoms with E-state index < -0.39 is 0 Å². The van der Waals surface area contributed by atoms with Gasteiger partial charge in [0, 0.05) is 11.3 Å². The van der Waals surface area contributed by atoms with Crippen LogP contribution < -0.4 is 11.0 Å². The third kappa shape index (κ3) is 3.36. The van der Waals surface area contributed by atoms with Gasteiger partial charge in [-0.25, -0.2) is 4.79 Å². The summed E-state index contributed by atoms with van der Waals surface area (Å²) in [5, 5.41) is 2.88. The lowest BCUT2D eigenvalue weighted by atomic mass is 9.84. The number of carbonyl (C=O) groups excluding carboxylic acids is 1. The highest BCUT2D eigenvalue weighted by molar-refractivity contribution is 6.04. The van der Waals surface area contributed by atoms with Crippen molar-refractivity contribution >= 4 is 22.6 Å². The largest absolute Gasteiger partial charge is 0.323 e. The Bertz CT molecular complexity index is 947. The van der Waals surface area contributed by atoms with Crippen LogP contribution in [0.3, 0.4) is 0 Å². The van der Waals surface area contributed by atoms with Gasteiger partial charge in [0.05, 0.1) is 11.0 Å². The fraction of sp³-hybridized carbons (Fsp3) is 0.300. The van der Waals surface area contributed by atoms with Crippen molar-refractivity contribution in [2.24, 2.45) is 0 Å². The molecule has 1 aromatic heterocycles. The highest BCUT2D eigenvalue weighted by atomic mass is 16.2. The maximum atomic E-state index is 12.5. The Morgan fingerprint density at radius 3 is 2.40 bits per heavy atom. The van der Waals surface area contributed by atoms with Crippen molar-refractivity contribution < 1.29 is 4.79 Å². The van der Waals surface area contributed by atoms with Gasteiger partial charge in [0.25, 0.3) is 5.91 Å². The highest BCUT2D eigenvalue weighted by Crippen LogP contribution is 2.32. The standard InChI is InChI=1S/C20H21N3O2/c24-19(21-16-10-11-17-18(12-16)23-20(25)22-17)15-8-6-14(7-9-15)13-4-2-1-3-5-13/h6-13H,1-5H2,(H,21,24)(H2,22,23,25). The Hall–Kier alpha value is -2.82. The third-order valence-electron chi connectivity index (χ3n) is 5.02. The summed E-state index contributed by atoms with van der Waals surface area (Å²) < 4.78 is 0. The predicted molar refractivity (Wildman–Crippen MR) is 99.1 cm³/mol. The van der Waals surface area contributed by atoms with Gasteiger partial charge in [0.2, 0.25) is 0 Å². The Balaban J connectivity index is 1.48. The minimum absolute atomic E-state index is 0.146. The summed E-state index contributed by atoms with van der Waals surface area (Å²) in [6, 6.07) is 13.3. The van der Waals surface area contributed by atoms with Crippen LogP contribution in [-0.2, 0) is 0 Å². The summed E-state index contributed by atoms with van der Waals surface area (Å²) in [5.74, 6) is 0.492. The second kappa shape index (κ2) is 6.59. The van der Waals surface area contributed by atoms with Crippen LogP contribution >= 0.6 is 0 Å². The van der Waals surface area contributed by atoms with Gasteiger partial charge in [0.1, 0.15) is 0 Å². The summed E-state index contributed by atoms with van der Waals surface area (Å²) in [4.78, 5) is 29.1. The number of anilines is 1. The predicted octanol–water partition coefficient (Wildman–Crippen LogP) is 4.16. The van der Waals surface area contributed by atoms with E-state index in [2.05, 4.69) is 27.4 Å². The quantitative estimate of drug-likeness (QED) is 0.672. The molecule has 3 N–H and O–H groups in total. The molecule has 0 saturated heterocycles. The van der Waals surface area contributed by atoms with Gasteiger partial charge in [-0.1, -0.05) is 31.4 Å². The van der Waals surface area contributed by atoms with E-state index in [4.69, 9.17) is 0 Å². The number of imidazole rings is 1. The Morgan fingerprint density at radius 1 is 0.920 bits per heavy atom. The van der Waals surface area contributed by atoms with Crippen molar-refractivity contribution in [1.29, 1.82) is 0 Å². The zero-order chi connectivity index (χ0) is 17.2. The Labute approximate surface area is 145 Å². The molecule has 1 heterocycles. The van der Waals surface area contributed by atoms with Gasteiger partial charge < -0.3 is 15.3 Å². The molecule has 1 fully saturated rings. The number of carbonyl (C=O) groups is 1. The average Bonchev–Trinajstić information content (AvgIpc) is 3.02. The highest BCUT2D eigenvalue weighted by Gasteiger charge is 2.16. The third-order valence-corrected chi connectivity index (χ3v) is 5.02. The van der Waals surface area contributed by atoms with Crippen molar-refractivity contribution in [3.63, 3.8) is 0 Å². The first-order valence-corrected chi connectivity index (χ1v) is 8.82. The van der Waals surface area contributed by atoms with E-state index in [1.807, 2.05) is 12.1 Å². The van der Waals surface area contributed by atoms with Crippen LogP contribution in [0, 0.1) is 0 Å². The zero-order valence-corrected chi connectivity index (χ0v) is 14.0. The SMILES string of the molecule is O=C(Nc1ccc2[nH]c(=O)[nH]c2c1)c1ccc(C2CCCCC2)cc1. The number of fused-ring (bicyclic) bond motifs is 1. The summed E-state index contributed by atoms with van der Waals surface area (Å²) in [7, 11) is 0. The van der Waals surface area contributed by atoms with Gasteiger partial charge in [-0.2, -0.15) is 0 Å². The van der Waals surface area contributed by atoms with Crippen LogP contribution in [0.15, 0.2) is 47.3 Å². The fourth-order valence-electron chi connectivity index (χ4n) is 3.66. The van der Waals surface area contributed by atoms with Crippen LogP contribution in [-0.4, -0.2) is 15.9 Å².